The third kappa shape index (κ3) is 6.03. The number of aliphatic carboxylic acids is 1. The number of carbonyl (C=O) groups excluding carboxylic acids is 1. The maximum Gasteiger partial charge on any atom is 0.306 e. The average Bonchev–Trinajstić information content (AvgIpc) is 3.45. The number of hydrogen-bond donors (Lipinski definition) is 2. The Morgan fingerprint density at radius 3 is 2.42 bits per heavy atom. The summed E-state index contributed by atoms with van der Waals surface area (Å²) >= 11 is 1.45. The molecule has 0 atom stereocenters. The van der Waals surface area contributed by atoms with E-state index in [0.29, 0.717) is 29.3 Å². The van der Waals surface area contributed by atoms with E-state index in [1.807, 2.05) is 0 Å². The van der Waals surface area contributed by atoms with E-state index in [1.54, 1.807) is 24.3 Å². The summed E-state index contributed by atoms with van der Waals surface area (Å²) in [6.45, 7) is 0. The number of ether oxygens (including phenoxy) is 1. The molecule has 4 rings (SSSR count). The van der Waals surface area contributed by atoms with E-state index in [1.165, 1.54) is 37.0 Å². The van der Waals surface area contributed by atoms with Crippen LogP contribution in [0.25, 0.3) is 0 Å². The number of aromatic nitrogens is 2. The number of nitrogens with zero attached hydrogens (tertiary/aromatic N) is 2. The van der Waals surface area contributed by atoms with Crippen molar-refractivity contribution in [2.45, 2.75) is 70.3 Å². The quantitative estimate of drug-likeness (QED) is 0.599. The maximum atomic E-state index is 12.5. The standard InChI is InChI=1S/C23H29N3O4S/c27-21(24-23-26-25-20(31-23)14-5-15-3-1-2-4-15)16-6-10-18(11-7-16)30-19-12-8-17(9-13-19)22(28)29/h6-7,10-11,15,17,19H,1-5,8-9,12-14H2,(H,28,29)(H,24,26,27). The van der Waals surface area contributed by atoms with Crippen molar-refractivity contribution in [3.8, 4) is 5.75 Å². The van der Waals surface area contributed by atoms with Crippen molar-refractivity contribution in [3.63, 3.8) is 0 Å². The van der Waals surface area contributed by atoms with Crippen LogP contribution in [0.1, 0.15) is 73.2 Å². The second-order valence-corrected chi connectivity index (χ2v) is 9.66. The Labute approximate surface area is 186 Å². The number of carboxylic acids is 1. The number of rotatable bonds is 8. The molecule has 1 heterocycles. The third-order valence-corrected chi connectivity index (χ3v) is 7.27. The summed E-state index contributed by atoms with van der Waals surface area (Å²) in [5.74, 6) is 0.321. The number of anilines is 1. The first-order chi connectivity index (χ1) is 15.1. The maximum absolute atomic E-state index is 12.5. The van der Waals surface area contributed by atoms with Crippen LogP contribution in [0.5, 0.6) is 5.75 Å². The van der Waals surface area contributed by atoms with Crippen LogP contribution >= 0.6 is 11.3 Å². The van der Waals surface area contributed by atoms with Gasteiger partial charge in [-0.3, -0.25) is 14.9 Å². The topological polar surface area (TPSA) is 101 Å². The van der Waals surface area contributed by atoms with Crippen molar-refractivity contribution in [1.29, 1.82) is 0 Å². The van der Waals surface area contributed by atoms with Crippen LogP contribution in [-0.4, -0.2) is 33.3 Å². The molecule has 8 heteroatoms. The summed E-state index contributed by atoms with van der Waals surface area (Å²) in [4.78, 5) is 23.6. The van der Waals surface area contributed by atoms with Gasteiger partial charge in [-0.15, -0.1) is 10.2 Å². The van der Waals surface area contributed by atoms with E-state index in [9.17, 15) is 9.59 Å². The molecular formula is C23H29N3O4S. The lowest BCUT2D eigenvalue weighted by atomic mass is 9.87. The molecule has 0 saturated heterocycles. The van der Waals surface area contributed by atoms with Gasteiger partial charge in [-0.1, -0.05) is 37.0 Å². The van der Waals surface area contributed by atoms with Gasteiger partial charge in [0.05, 0.1) is 12.0 Å². The van der Waals surface area contributed by atoms with Crippen LogP contribution in [0.15, 0.2) is 24.3 Å². The zero-order valence-electron chi connectivity index (χ0n) is 17.6. The van der Waals surface area contributed by atoms with Gasteiger partial charge in [-0.05, 0) is 62.3 Å². The van der Waals surface area contributed by atoms with Crippen LogP contribution in [0, 0.1) is 11.8 Å². The summed E-state index contributed by atoms with van der Waals surface area (Å²) in [5, 5.41) is 21.8. The molecule has 0 unspecified atom stereocenters. The smallest absolute Gasteiger partial charge is 0.306 e. The molecule has 2 fully saturated rings. The second kappa shape index (κ2) is 10.2. The zero-order chi connectivity index (χ0) is 21.6. The number of carbonyl (C=O) groups is 2. The largest absolute Gasteiger partial charge is 0.490 e. The minimum atomic E-state index is -0.717. The van der Waals surface area contributed by atoms with Gasteiger partial charge in [0.25, 0.3) is 5.91 Å². The van der Waals surface area contributed by atoms with Crippen molar-refractivity contribution in [1.82, 2.24) is 10.2 Å². The van der Waals surface area contributed by atoms with Crippen molar-refractivity contribution in [3.05, 3.63) is 34.8 Å². The first-order valence-electron chi connectivity index (χ1n) is 11.2. The van der Waals surface area contributed by atoms with Crippen molar-refractivity contribution >= 4 is 28.3 Å². The van der Waals surface area contributed by atoms with Crippen LogP contribution in [-0.2, 0) is 11.2 Å². The molecule has 1 aromatic carbocycles. The number of hydrogen-bond acceptors (Lipinski definition) is 6. The highest BCUT2D eigenvalue weighted by Gasteiger charge is 2.27. The fraction of sp³-hybridized carbons (Fsp3) is 0.565. The first kappa shape index (κ1) is 21.7. The molecule has 31 heavy (non-hydrogen) atoms. The Bertz CT molecular complexity index is 884. The van der Waals surface area contributed by atoms with Gasteiger partial charge in [-0.25, -0.2) is 0 Å². The molecule has 0 bridgehead atoms. The average molecular weight is 444 g/mol. The lowest BCUT2D eigenvalue weighted by Gasteiger charge is -2.26. The predicted molar refractivity (Wildman–Crippen MR) is 119 cm³/mol. The number of aryl methyl sites for hydroxylation is 1. The van der Waals surface area contributed by atoms with Crippen LogP contribution in [0.3, 0.4) is 0 Å². The van der Waals surface area contributed by atoms with Gasteiger partial charge in [0, 0.05) is 12.0 Å². The number of amides is 1. The van der Waals surface area contributed by atoms with Crippen molar-refractivity contribution in [2.75, 3.05) is 5.32 Å². The number of nitrogens with one attached hydrogen (secondary N) is 1. The minimum absolute atomic E-state index is 0.0272. The van der Waals surface area contributed by atoms with E-state index < -0.39 is 5.97 Å². The number of benzene rings is 1. The molecular weight excluding hydrogens is 414 g/mol. The summed E-state index contributed by atoms with van der Waals surface area (Å²) < 4.78 is 5.96. The molecule has 2 aliphatic rings. The Balaban J connectivity index is 1.24. The highest BCUT2D eigenvalue weighted by atomic mass is 32.1. The molecule has 0 spiro atoms. The normalized spacial score (nSPS) is 21.7. The first-order valence-corrected chi connectivity index (χ1v) is 12.0. The SMILES string of the molecule is O=C(Nc1nnc(CCC2CCCC2)s1)c1ccc(OC2CCC(C(=O)O)CC2)cc1. The summed E-state index contributed by atoms with van der Waals surface area (Å²) in [6, 6.07) is 7.03. The minimum Gasteiger partial charge on any atom is -0.490 e. The van der Waals surface area contributed by atoms with E-state index in [-0.39, 0.29) is 17.9 Å². The Kier molecular flexibility index (Phi) is 7.17. The van der Waals surface area contributed by atoms with E-state index >= 15 is 0 Å². The van der Waals surface area contributed by atoms with E-state index in [0.717, 1.165) is 36.6 Å². The highest BCUT2D eigenvalue weighted by Crippen LogP contribution is 2.30. The molecule has 0 aliphatic heterocycles. The van der Waals surface area contributed by atoms with Gasteiger partial charge >= 0.3 is 5.97 Å². The summed E-state index contributed by atoms with van der Waals surface area (Å²) in [7, 11) is 0. The lowest BCUT2D eigenvalue weighted by molar-refractivity contribution is -0.143. The molecule has 2 aliphatic carbocycles. The van der Waals surface area contributed by atoms with E-state index in [4.69, 9.17) is 9.84 Å². The predicted octanol–water partition coefficient (Wildman–Crippen LogP) is 4.94. The Morgan fingerprint density at radius 2 is 1.74 bits per heavy atom. The Hall–Kier alpha value is -2.48. The fourth-order valence-corrected chi connectivity index (χ4v) is 5.26. The van der Waals surface area contributed by atoms with Crippen molar-refractivity contribution < 1.29 is 19.4 Å². The molecule has 0 radical (unpaired) electrons. The second-order valence-electron chi connectivity index (χ2n) is 8.60. The van der Waals surface area contributed by atoms with Crippen LogP contribution in [0.2, 0.25) is 0 Å². The molecule has 1 aromatic heterocycles. The van der Waals surface area contributed by atoms with Crippen LogP contribution in [0.4, 0.5) is 5.13 Å². The Morgan fingerprint density at radius 1 is 1.03 bits per heavy atom. The highest BCUT2D eigenvalue weighted by molar-refractivity contribution is 7.15. The molecule has 1 amide bonds. The van der Waals surface area contributed by atoms with E-state index in [2.05, 4.69) is 15.5 Å². The molecule has 2 aromatic rings. The van der Waals surface area contributed by atoms with Gasteiger partial charge < -0.3 is 9.84 Å². The van der Waals surface area contributed by atoms with Gasteiger partial charge in [-0.2, -0.15) is 0 Å². The summed E-state index contributed by atoms with van der Waals surface area (Å²) in [5.41, 5.74) is 0.532. The van der Waals surface area contributed by atoms with Gasteiger partial charge in [0.2, 0.25) is 5.13 Å². The zero-order valence-corrected chi connectivity index (χ0v) is 18.4. The molecule has 2 saturated carbocycles. The van der Waals surface area contributed by atoms with Crippen molar-refractivity contribution in [2.24, 2.45) is 11.8 Å². The molecule has 7 nitrogen and oxygen atoms in total. The number of carboxylic acid groups (broad SMARTS) is 1. The van der Waals surface area contributed by atoms with Gasteiger partial charge in [0.15, 0.2) is 0 Å². The molecule has 166 valence electrons. The molecule has 2 N–H and O–H groups in total. The van der Waals surface area contributed by atoms with Gasteiger partial charge in [0.1, 0.15) is 10.8 Å². The summed E-state index contributed by atoms with van der Waals surface area (Å²) in [6.07, 6.45) is 10.2. The third-order valence-electron chi connectivity index (χ3n) is 6.37. The lowest BCUT2D eigenvalue weighted by Crippen LogP contribution is -2.27. The van der Waals surface area contributed by atoms with Crippen LogP contribution < -0.4 is 10.1 Å². The fourth-order valence-electron chi connectivity index (χ4n) is 4.51. The monoisotopic (exact) mass is 443 g/mol.